The van der Waals surface area contributed by atoms with Crippen LogP contribution in [0, 0.1) is 0 Å². The molecule has 5 heteroatoms. The van der Waals surface area contributed by atoms with Crippen molar-refractivity contribution >= 4 is 17.6 Å². The lowest BCUT2D eigenvalue weighted by atomic mass is 10.00. The Morgan fingerprint density at radius 3 is 2.68 bits per heavy atom. The minimum Gasteiger partial charge on any atom is -0.490 e. The molecular weight excluding hydrogens is 246 g/mol. The van der Waals surface area contributed by atoms with Crippen LogP contribution >= 0.6 is 0 Å². The van der Waals surface area contributed by atoms with Crippen molar-refractivity contribution in [3.63, 3.8) is 0 Å². The predicted molar refractivity (Wildman–Crippen MR) is 70.5 cm³/mol. The first-order valence-electron chi connectivity index (χ1n) is 6.23. The van der Waals surface area contributed by atoms with Crippen LogP contribution in [0.25, 0.3) is 0 Å². The van der Waals surface area contributed by atoms with Gasteiger partial charge in [-0.25, -0.2) is 4.79 Å². The summed E-state index contributed by atoms with van der Waals surface area (Å²) >= 11 is 0. The van der Waals surface area contributed by atoms with Gasteiger partial charge in [0.25, 0.3) is 0 Å². The van der Waals surface area contributed by atoms with E-state index < -0.39 is 5.97 Å². The Labute approximate surface area is 111 Å². The van der Waals surface area contributed by atoms with Crippen LogP contribution in [0.15, 0.2) is 12.1 Å². The van der Waals surface area contributed by atoms with E-state index in [0.29, 0.717) is 29.8 Å². The van der Waals surface area contributed by atoms with Crippen LogP contribution in [0.3, 0.4) is 0 Å². The smallest absolute Gasteiger partial charge is 0.341 e. The van der Waals surface area contributed by atoms with E-state index >= 15 is 0 Å². The number of benzene rings is 1. The fraction of sp³-hybridized carbons (Fsp3) is 0.429. The third-order valence-electron chi connectivity index (χ3n) is 2.87. The van der Waals surface area contributed by atoms with E-state index in [1.165, 1.54) is 7.11 Å². The summed E-state index contributed by atoms with van der Waals surface area (Å²) in [6.45, 7) is 3.78. The number of esters is 1. The van der Waals surface area contributed by atoms with Crippen molar-refractivity contribution in [2.75, 3.05) is 12.4 Å². The Morgan fingerprint density at radius 1 is 1.32 bits per heavy atom. The summed E-state index contributed by atoms with van der Waals surface area (Å²) in [6.07, 6.45) is 1.06. The zero-order chi connectivity index (χ0) is 14.0. The fourth-order valence-electron chi connectivity index (χ4n) is 2.03. The highest BCUT2D eigenvalue weighted by atomic mass is 16.5. The first-order chi connectivity index (χ1) is 9.01. The highest BCUT2D eigenvalue weighted by Gasteiger charge is 2.22. The topological polar surface area (TPSA) is 64.6 Å². The van der Waals surface area contributed by atoms with Crippen LogP contribution in [0.1, 0.15) is 36.2 Å². The zero-order valence-corrected chi connectivity index (χ0v) is 11.3. The summed E-state index contributed by atoms with van der Waals surface area (Å²) in [4.78, 5) is 23.1. The molecule has 0 atom stereocenters. The first kappa shape index (κ1) is 13.4. The van der Waals surface area contributed by atoms with Gasteiger partial charge in [0.05, 0.1) is 13.2 Å². The minimum absolute atomic E-state index is 0.0409. The van der Waals surface area contributed by atoms with Crippen LogP contribution in [0.2, 0.25) is 0 Å². The Kier molecular flexibility index (Phi) is 3.74. The number of hydrogen-bond acceptors (Lipinski definition) is 4. The molecule has 1 aromatic rings. The molecule has 1 aliphatic rings. The van der Waals surface area contributed by atoms with Crippen molar-refractivity contribution in [3.8, 4) is 5.75 Å². The van der Waals surface area contributed by atoms with Crippen molar-refractivity contribution in [3.05, 3.63) is 23.3 Å². The van der Waals surface area contributed by atoms with Crippen molar-refractivity contribution in [2.24, 2.45) is 0 Å². The van der Waals surface area contributed by atoms with Crippen LogP contribution in [0.4, 0.5) is 5.69 Å². The summed E-state index contributed by atoms with van der Waals surface area (Å²) < 4.78 is 10.4. The van der Waals surface area contributed by atoms with Gasteiger partial charge in [0.2, 0.25) is 5.91 Å². The molecule has 5 nitrogen and oxygen atoms in total. The first-order valence-corrected chi connectivity index (χ1v) is 6.23. The Bertz CT molecular complexity index is 522. The molecule has 0 saturated carbocycles. The maximum Gasteiger partial charge on any atom is 0.341 e. The van der Waals surface area contributed by atoms with Crippen molar-refractivity contribution in [2.45, 2.75) is 32.8 Å². The number of hydrogen-bond donors (Lipinski definition) is 1. The maximum atomic E-state index is 11.8. The Balaban J connectivity index is 2.46. The average molecular weight is 263 g/mol. The lowest BCUT2D eigenvalue weighted by Gasteiger charge is -2.21. The molecule has 1 aliphatic heterocycles. The summed E-state index contributed by atoms with van der Waals surface area (Å²) in [5.74, 6) is -0.0177. The molecule has 0 fully saturated rings. The van der Waals surface area contributed by atoms with Gasteiger partial charge < -0.3 is 14.8 Å². The fourth-order valence-corrected chi connectivity index (χ4v) is 2.03. The number of nitrogens with one attached hydrogen (secondary N) is 1. The second-order valence-corrected chi connectivity index (χ2v) is 4.71. The monoisotopic (exact) mass is 263 g/mol. The van der Waals surface area contributed by atoms with Gasteiger partial charge in [0, 0.05) is 12.1 Å². The van der Waals surface area contributed by atoms with Crippen molar-refractivity contribution in [1.82, 2.24) is 0 Å². The standard InChI is InChI=1S/C14H17NO4/c1-8(2)19-12-6-9-4-5-13(16)15-11(9)7-10(12)14(17)18-3/h6-8H,4-5H2,1-3H3,(H,15,16). The molecule has 19 heavy (non-hydrogen) atoms. The number of methoxy groups -OCH3 is 1. The number of fused-ring (bicyclic) bond motifs is 1. The molecule has 0 radical (unpaired) electrons. The van der Waals surface area contributed by atoms with E-state index in [9.17, 15) is 9.59 Å². The van der Waals surface area contributed by atoms with E-state index in [1.54, 1.807) is 12.1 Å². The molecule has 2 rings (SSSR count). The molecule has 0 aromatic heterocycles. The highest BCUT2D eigenvalue weighted by molar-refractivity contribution is 5.98. The zero-order valence-electron chi connectivity index (χ0n) is 11.3. The molecule has 0 unspecified atom stereocenters. The quantitative estimate of drug-likeness (QED) is 0.849. The normalized spacial score (nSPS) is 13.8. The van der Waals surface area contributed by atoms with E-state index in [1.807, 2.05) is 13.8 Å². The van der Waals surface area contributed by atoms with Crippen molar-refractivity contribution in [1.29, 1.82) is 0 Å². The summed E-state index contributed by atoms with van der Waals surface area (Å²) in [7, 11) is 1.32. The van der Waals surface area contributed by atoms with Gasteiger partial charge >= 0.3 is 5.97 Å². The lowest BCUT2D eigenvalue weighted by Crippen LogP contribution is -2.20. The second kappa shape index (κ2) is 5.30. The van der Waals surface area contributed by atoms with Gasteiger partial charge in [-0.05, 0) is 38.0 Å². The van der Waals surface area contributed by atoms with Crippen LogP contribution in [-0.2, 0) is 16.0 Å². The SMILES string of the molecule is COC(=O)c1cc2c(cc1OC(C)C)CCC(=O)N2. The third kappa shape index (κ3) is 2.86. The summed E-state index contributed by atoms with van der Waals surface area (Å²) in [5.41, 5.74) is 1.97. The highest BCUT2D eigenvalue weighted by Crippen LogP contribution is 2.31. The number of aryl methyl sites for hydroxylation is 1. The Hall–Kier alpha value is -2.04. The van der Waals surface area contributed by atoms with E-state index in [-0.39, 0.29) is 12.0 Å². The molecule has 0 aliphatic carbocycles. The molecule has 1 heterocycles. The second-order valence-electron chi connectivity index (χ2n) is 4.71. The third-order valence-corrected chi connectivity index (χ3v) is 2.87. The van der Waals surface area contributed by atoms with E-state index in [0.717, 1.165) is 5.56 Å². The molecule has 1 amide bonds. The maximum absolute atomic E-state index is 11.8. The molecule has 1 N–H and O–H groups in total. The van der Waals surface area contributed by atoms with Gasteiger partial charge in [0.15, 0.2) is 0 Å². The largest absolute Gasteiger partial charge is 0.490 e. The van der Waals surface area contributed by atoms with Gasteiger partial charge in [-0.3, -0.25) is 4.79 Å². The van der Waals surface area contributed by atoms with E-state index in [2.05, 4.69) is 5.32 Å². The summed E-state index contributed by atoms with van der Waals surface area (Å²) in [6, 6.07) is 3.43. The molecule has 1 aromatic carbocycles. The number of rotatable bonds is 3. The van der Waals surface area contributed by atoms with Gasteiger partial charge in [-0.15, -0.1) is 0 Å². The number of amides is 1. The van der Waals surface area contributed by atoms with Gasteiger partial charge in [-0.2, -0.15) is 0 Å². The number of ether oxygens (including phenoxy) is 2. The number of carbonyl (C=O) groups is 2. The van der Waals surface area contributed by atoms with E-state index in [4.69, 9.17) is 9.47 Å². The molecule has 102 valence electrons. The molecule has 0 saturated heterocycles. The lowest BCUT2D eigenvalue weighted by molar-refractivity contribution is -0.116. The Morgan fingerprint density at radius 2 is 2.05 bits per heavy atom. The van der Waals surface area contributed by atoms with Crippen LogP contribution < -0.4 is 10.1 Å². The molecule has 0 spiro atoms. The number of anilines is 1. The number of carbonyl (C=O) groups excluding carboxylic acids is 2. The van der Waals surface area contributed by atoms with Crippen LogP contribution in [-0.4, -0.2) is 25.1 Å². The van der Waals surface area contributed by atoms with Gasteiger partial charge in [0.1, 0.15) is 11.3 Å². The average Bonchev–Trinajstić information content (AvgIpc) is 2.36. The minimum atomic E-state index is -0.474. The molecular formula is C14H17NO4. The van der Waals surface area contributed by atoms with Crippen molar-refractivity contribution < 1.29 is 19.1 Å². The predicted octanol–water partition coefficient (Wildman–Crippen LogP) is 2.15. The molecule has 0 bridgehead atoms. The van der Waals surface area contributed by atoms with Gasteiger partial charge in [-0.1, -0.05) is 0 Å². The summed E-state index contributed by atoms with van der Waals surface area (Å²) in [5, 5.41) is 2.76. The van der Waals surface area contributed by atoms with Crippen LogP contribution in [0.5, 0.6) is 5.75 Å².